The van der Waals surface area contributed by atoms with Crippen molar-refractivity contribution in [3.05, 3.63) is 64.1 Å². The highest BCUT2D eigenvalue weighted by atomic mass is 16.5. The summed E-state index contributed by atoms with van der Waals surface area (Å²) in [6, 6.07) is 8.80. The number of H-pyrrole nitrogens is 1. The Morgan fingerprint density at radius 1 is 1.28 bits per heavy atom. The zero-order chi connectivity index (χ0) is 17.8. The molecule has 1 N–H and O–H groups in total. The molecule has 1 aromatic carbocycles. The fraction of sp³-hybridized carbons (Fsp3) is 0.278. The summed E-state index contributed by atoms with van der Waals surface area (Å²) in [5.41, 5.74) is 0.899. The number of para-hydroxylation sites is 1. The van der Waals surface area contributed by atoms with Crippen molar-refractivity contribution in [1.82, 2.24) is 14.9 Å². The molecule has 0 aliphatic rings. The number of carbonyl (C=O) groups is 1. The standard InChI is InChI=1S/C18H19N3O4/c1-3-21(10-15-13(8-9-25-15)18(23)24-2)11-16-19-14-7-5-4-6-12(14)17(22)20-16/h4-9H,3,10-11H2,1-2H3,(H,19,20,22). The van der Waals surface area contributed by atoms with Gasteiger partial charge in [0.15, 0.2) is 0 Å². The van der Waals surface area contributed by atoms with Gasteiger partial charge in [-0.3, -0.25) is 9.69 Å². The third-order valence-electron chi connectivity index (χ3n) is 4.00. The van der Waals surface area contributed by atoms with E-state index < -0.39 is 5.97 Å². The molecule has 3 rings (SSSR count). The number of hydrogen-bond donors (Lipinski definition) is 1. The molecule has 25 heavy (non-hydrogen) atoms. The van der Waals surface area contributed by atoms with Crippen LogP contribution in [0.1, 0.15) is 28.9 Å². The largest absolute Gasteiger partial charge is 0.467 e. The molecule has 7 heteroatoms. The topological polar surface area (TPSA) is 88.4 Å². The first-order chi connectivity index (χ1) is 12.1. The van der Waals surface area contributed by atoms with E-state index in [1.54, 1.807) is 12.1 Å². The maximum atomic E-state index is 12.2. The number of aromatic nitrogens is 2. The number of nitrogens with one attached hydrogen (secondary N) is 1. The Kier molecular flexibility index (Phi) is 4.95. The number of furan rings is 1. The van der Waals surface area contributed by atoms with E-state index in [9.17, 15) is 9.59 Å². The average molecular weight is 341 g/mol. The first kappa shape index (κ1) is 16.9. The molecule has 7 nitrogen and oxygen atoms in total. The van der Waals surface area contributed by atoms with Crippen LogP contribution >= 0.6 is 0 Å². The van der Waals surface area contributed by atoms with Gasteiger partial charge in [-0.15, -0.1) is 0 Å². The van der Waals surface area contributed by atoms with E-state index in [-0.39, 0.29) is 5.56 Å². The maximum Gasteiger partial charge on any atom is 0.341 e. The summed E-state index contributed by atoms with van der Waals surface area (Å²) in [6.45, 7) is 3.51. The Hall–Kier alpha value is -2.93. The van der Waals surface area contributed by atoms with Crippen LogP contribution in [0.25, 0.3) is 10.9 Å². The third-order valence-corrected chi connectivity index (χ3v) is 4.00. The molecule has 0 amide bonds. The van der Waals surface area contributed by atoms with E-state index >= 15 is 0 Å². The minimum Gasteiger partial charge on any atom is -0.467 e. The van der Waals surface area contributed by atoms with Crippen molar-refractivity contribution >= 4 is 16.9 Å². The Balaban J connectivity index is 1.82. The van der Waals surface area contributed by atoms with Crippen molar-refractivity contribution in [3.8, 4) is 0 Å². The van der Waals surface area contributed by atoms with Gasteiger partial charge in [0.05, 0.1) is 37.4 Å². The van der Waals surface area contributed by atoms with Crippen molar-refractivity contribution in [1.29, 1.82) is 0 Å². The zero-order valence-corrected chi connectivity index (χ0v) is 14.1. The number of benzene rings is 1. The summed E-state index contributed by atoms with van der Waals surface area (Å²) in [7, 11) is 1.33. The van der Waals surface area contributed by atoms with Crippen LogP contribution in [0.4, 0.5) is 0 Å². The monoisotopic (exact) mass is 341 g/mol. The SMILES string of the molecule is CCN(Cc1nc2ccccc2c(=O)[nH]1)Cc1occc1C(=O)OC. The van der Waals surface area contributed by atoms with Gasteiger partial charge in [-0.2, -0.15) is 0 Å². The molecule has 2 heterocycles. The number of aromatic amines is 1. The summed E-state index contributed by atoms with van der Waals surface area (Å²) in [4.78, 5) is 33.3. The lowest BCUT2D eigenvalue weighted by atomic mass is 10.2. The van der Waals surface area contributed by atoms with Crippen molar-refractivity contribution < 1.29 is 13.9 Å². The Morgan fingerprint density at radius 2 is 2.08 bits per heavy atom. The molecule has 2 aromatic heterocycles. The van der Waals surface area contributed by atoms with Gasteiger partial charge in [0.25, 0.3) is 5.56 Å². The number of ether oxygens (including phenoxy) is 1. The van der Waals surface area contributed by atoms with Crippen LogP contribution in [0.15, 0.2) is 45.8 Å². The van der Waals surface area contributed by atoms with Gasteiger partial charge < -0.3 is 14.1 Å². The molecule has 130 valence electrons. The van der Waals surface area contributed by atoms with E-state index in [1.807, 2.05) is 30.0 Å². The highest BCUT2D eigenvalue weighted by Gasteiger charge is 2.18. The minimum atomic E-state index is -0.433. The molecular formula is C18H19N3O4. The number of hydrogen-bond acceptors (Lipinski definition) is 6. The molecule has 0 saturated heterocycles. The molecule has 0 unspecified atom stereocenters. The van der Waals surface area contributed by atoms with Gasteiger partial charge in [0, 0.05) is 0 Å². The van der Waals surface area contributed by atoms with Gasteiger partial charge in [0.2, 0.25) is 0 Å². The Morgan fingerprint density at radius 3 is 2.84 bits per heavy atom. The van der Waals surface area contributed by atoms with Crippen LogP contribution < -0.4 is 5.56 Å². The van der Waals surface area contributed by atoms with Gasteiger partial charge in [-0.05, 0) is 24.7 Å². The zero-order valence-electron chi connectivity index (χ0n) is 14.1. The van der Waals surface area contributed by atoms with Crippen LogP contribution in [0.2, 0.25) is 0 Å². The molecule has 0 saturated carbocycles. The second-order valence-electron chi connectivity index (χ2n) is 5.58. The third kappa shape index (κ3) is 3.61. The number of rotatable bonds is 6. The van der Waals surface area contributed by atoms with Crippen molar-refractivity contribution in [2.75, 3.05) is 13.7 Å². The molecule has 3 aromatic rings. The van der Waals surface area contributed by atoms with E-state index in [4.69, 9.17) is 9.15 Å². The summed E-state index contributed by atoms with van der Waals surface area (Å²) in [5, 5.41) is 0.563. The highest BCUT2D eigenvalue weighted by molar-refractivity contribution is 5.90. The summed E-state index contributed by atoms with van der Waals surface area (Å²) >= 11 is 0. The highest BCUT2D eigenvalue weighted by Crippen LogP contribution is 2.16. The van der Waals surface area contributed by atoms with Crippen LogP contribution in [-0.2, 0) is 17.8 Å². The molecule has 0 radical (unpaired) electrons. The number of methoxy groups -OCH3 is 1. The molecule has 0 aliphatic heterocycles. The Labute approximate surface area is 144 Å². The lowest BCUT2D eigenvalue weighted by Gasteiger charge is -2.19. The normalized spacial score (nSPS) is 11.2. The molecule has 0 bridgehead atoms. The molecule has 0 fully saturated rings. The van der Waals surface area contributed by atoms with Crippen LogP contribution in [0, 0.1) is 0 Å². The second-order valence-corrected chi connectivity index (χ2v) is 5.58. The first-order valence-corrected chi connectivity index (χ1v) is 7.97. The fourth-order valence-electron chi connectivity index (χ4n) is 2.66. The summed E-state index contributed by atoms with van der Waals surface area (Å²) < 4.78 is 10.2. The number of nitrogens with zero attached hydrogens (tertiary/aromatic N) is 2. The van der Waals surface area contributed by atoms with E-state index in [0.29, 0.717) is 47.7 Å². The molecule has 0 atom stereocenters. The maximum absolute atomic E-state index is 12.2. The second kappa shape index (κ2) is 7.31. The lowest BCUT2D eigenvalue weighted by Crippen LogP contribution is -2.26. The molecule has 0 spiro atoms. The quantitative estimate of drug-likeness (QED) is 0.692. The number of carbonyl (C=O) groups excluding carboxylic acids is 1. The smallest absolute Gasteiger partial charge is 0.341 e. The van der Waals surface area contributed by atoms with E-state index in [1.165, 1.54) is 13.4 Å². The predicted octanol–water partition coefficient (Wildman–Crippen LogP) is 2.32. The van der Waals surface area contributed by atoms with Gasteiger partial charge in [-0.25, -0.2) is 9.78 Å². The van der Waals surface area contributed by atoms with Gasteiger partial charge in [-0.1, -0.05) is 19.1 Å². The molecule has 0 aliphatic carbocycles. The summed E-state index contributed by atoms with van der Waals surface area (Å²) in [6.07, 6.45) is 1.46. The summed E-state index contributed by atoms with van der Waals surface area (Å²) in [5.74, 6) is 0.658. The minimum absolute atomic E-state index is 0.162. The fourth-order valence-corrected chi connectivity index (χ4v) is 2.66. The van der Waals surface area contributed by atoms with Crippen molar-refractivity contribution in [3.63, 3.8) is 0 Å². The Bertz CT molecular complexity index is 945. The number of fused-ring (bicyclic) bond motifs is 1. The molecular weight excluding hydrogens is 322 g/mol. The van der Waals surface area contributed by atoms with Crippen LogP contribution in [0.5, 0.6) is 0 Å². The van der Waals surface area contributed by atoms with Gasteiger partial charge >= 0.3 is 5.97 Å². The van der Waals surface area contributed by atoms with E-state index in [0.717, 1.165) is 0 Å². The number of esters is 1. The average Bonchev–Trinajstić information content (AvgIpc) is 3.08. The first-order valence-electron chi connectivity index (χ1n) is 7.97. The van der Waals surface area contributed by atoms with Gasteiger partial charge in [0.1, 0.15) is 17.1 Å². The predicted molar refractivity (Wildman–Crippen MR) is 92.2 cm³/mol. The van der Waals surface area contributed by atoms with Crippen molar-refractivity contribution in [2.45, 2.75) is 20.0 Å². The van der Waals surface area contributed by atoms with Crippen LogP contribution in [0.3, 0.4) is 0 Å². The lowest BCUT2D eigenvalue weighted by molar-refractivity contribution is 0.0596. The van der Waals surface area contributed by atoms with E-state index in [2.05, 4.69) is 9.97 Å². The van der Waals surface area contributed by atoms with Crippen LogP contribution in [-0.4, -0.2) is 34.5 Å². The van der Waals surface area contributed by atoms with Crippen molar-refractivity contribution in [2.24, 2.45) is 0 Å².